The smallest absolute Gasteiger partial charge is 0.167 e. The molecule has 0 unspecified atom stereocenters. The fraction of sp³-hybridized carbons (Fsp3) is 0.750. The third-order valence-electron chi connectivity index (χ3n) is 0.482. The van der Waals surface area contributed by atoms with Crippen molar-refractivity contribution in [2.24, 2.45) is 0 Å². The number of thioether (sulfide) groups is 1. The van der Waals surface area contributed by atoms with Crippen LogP contribution in [0.1, 0.15) is 0 Å². The highest BCUT2D eigenvalue weighted by molar-refractivity contribution is 7.99. The van der Waals surface area contributed by atoms with Crippen molar-refractivity contribution in [2.75, 3.05) is 18.6 Å². The van der Waals surface area contributed by atoms with Crippen LogP contribution in [0.4, 0.5) is 0 Å². The molecule has 0 aromatic heterocycles. The molecule has 0 aliphatic rings. The Morgan fingerprint density at radius 1 is 1.86 bits per heavy atom. The molecule has 0 spiro atoms. The van der Waals surface area contributed by atoms with Gasteiger partial charge in [0.15, 0.2) is 5.78 Å². The molecule has 0 fully saturated rings. The van der Waals surface area contributed by atoms with Gasteiger partial charge in [-0.2, -0.15) is 11.8 Å². The maximum absolute atomic E-state index is 10.1. The van der Waals surface area contributed by atoms with E-state index in [1.165, 1.54) is 11.8 Å². The van der Waals surface area contributed by atoms with E-state index in [4.69, 9.17) is 5.11 Å². The molecule has 0 heterocycles. The van der Waals surface area contributed by atoms with Gasteiger partial charge in [0.05, 0.1) is 5.75 Å². The molecule has 0 aliphatic carbocycles. The molecule has 3 heteroatoms. The van der Waals surface area contributed by atoms with Crippen molar-refractivity contribution in [3.8, 4) is 0 Å². The van der Waals surface area contributed by atoms with Gasteiger partial charge in [0.1, 0.15) is 6.61 Å². The van der Waals surface area contributed by atoms with E-state index in [1.54, 1.807) is 0 Å². The Bertz CT molecular complexity index is 62.7. The summed E-state index contributed by atoms with van der Waals surface area (Å²) in [5, 5.41) is 8.10. The molecule has 42 valence electrons. The maximum Gasteiger partial charge on any atom is 0.167 e. The lowest BCUT2D eigenvalue weighted by atomic mass is 10.5. The van der Waals surface area contributed by atoms with E-state index in [2.05, 4.69) is 0 Å². The van der Waals surface area contributed by atoms with Crippen LogP contribution in [-0.2, 0) is 4.79 Å². The average Bonchev–Trinajstić information content (AvgIpc) is 1.68. The van der Waals surface area contributed by atoms with Gasteiger partial charge in [-0.3, -0.25) is 4.79 Å². The topological polar surface area (TPSA) is 37.3 Å². The number of rotatable bonds is 3. The predicted octanol–water partition coefficient (Wildman–Crippen LogP) is -0.0892. The summed E-state index contributed by atoms with van der Waals surface area (Å²) in [7, 11) is 0. The van der Waals surface area contributed by atoms with E-state index in [1.807, 2.05) is 6.26 Å². The van der Waals surface area contributed by atoms with Crippen molar-refractivity contribution in [2.45, 2.75) is 0 Å². The highest BCUT2D eigenvalue weighted by atomic mass is 32.2. The Morgan fingerprint density at radius 2 is 2.43 bits per heavy atom. The Morgan fingerprint density at radius 3 is 2.57 bits per heavy atom. The van der Waals surface area contributed by atoms with Gasteiger partial charge in [-0.1, -0.05) is 0 Å². The molecule has 0 rings (SSSR count). The first-order chi connectivity index (χ1) is 3.31. The second-order valence-electron chi connectivity index (χ2n) is 1.13. The maximum atomic E-state index is 10.1. The first kappa shape index (κ1) is 6.98. The summed E-state index contributed by atoms with van der Waals surface area (Å²) in [4.78, 5) is 10.1. The van der Waals surface area contributed by atoms with Gasteiger partial charge in [-0.05, 0) is 6.26 Å². The third kappa shape index (κ3) is 3.82. The molecule has 0 saturated heterocycles. The van der Waals surface area contributed by atoms with Crippen molar-refractivity contribution >= 4 is 17.5 Å². The van der Waals surface area contributed by atoms with E-state index in [9.17, 15) is 4.79 Å². The van der Waals surface area contributed by atoms with Crippen LogP contribution in [0.3, 0.4) is 0 Å². The average molecular weight is 120 g/mol. The molecule has 2 nitrogen and oxygen atoms in total. The summed E-state index contributed by atoms with van der Waals surface area (Å²) in [6.45, 7) is -0.319. The van der Waals surface area contributed by atoms with Crippen LogP contribution in [0.2, 0.25) is 0 Å². The van der Waals surface area contributed by atoms with Gasteiger partial charge in [-0.15, -0.1) is 0 Å². The van der Waals surface area contributed by atoms with Gasteiger partial charge >= 0.3 is 0 Å². The SMILES string of the molecule is CSCC(=O)CO. The van der Waals surface area contributed by atoms with Gasteiger partial charge < -0.3 is 5.11 Å². The van der Waals surface area contributed by atoms with Crippen LogP contribution in [-0.4, -0.2) is 29.5 Å². The van der Waals surface area contributed by atoms with E-state index in [0.29, 0.717) is 5.75 Å². The molecule has 0 aromatic rings. The largest absolute Gasteiger partial charge is 0.389 e. The zero-order valence-electron chi connectivity index (χ0n) is 4.18. The first-order valence-corrected chi connectivity index (χ1v) is 3.32. The quantitative estimate of drug-likeness (QED) is 0.565. The van der Waals surface area contributed by atoms with Crippen molar-refractivity contribution in [3.05, 3.63) is 0 Å². The molecule has 1 N–H and O–H groups in total. The van der Waals surface area contributed by atoms with Crippen LogP contribution in [0.15, 0.2) is 0 Å². The Kier molecular flexibility index (Phi) is 4.14. The monoisotopic (exact) mass is 120 g/mol. The normalized spacial score (nSPS) is 8.86. The van der Waals surface area contributed by atoms with E-state index in [-0.39, 0.29) is 12.4 Å². The summed E-state index contributed by atoms with van der Waals surface area (Å²) in [5.74, 6) is 0.323. The lowest BCUT2D eigenvalue weighted by Gasteiger charge is -1.86. The molecule has 0 atom stereocenters. The van der Waals surface area contributed by atoms with Crippen molar-refractivity contribution in [3.63, 3.8) is 0 Å². The van der Waals surface area contributed by atoms with Gasteiger partial charge in [-0.25, -0.2) is 0 Å². The van der Waals surface area contributed by atoms with Crippen molar-refractivity contribution < 1.29 is 9.90 Å². The predicted molar refractivity (Wildman–Crippen MR) is 30.5 cm³/mol. The summed E-state index contributed by atoms with van der Waals surface area (Å²) in [5.41, 5.74) is 0. The van der Waals surface area contributed by atoms with Gasteiger partial charge in [0.25, 0.3) is 0 Å². The number of Topliss-reactive ketones (excluding diaryl/α,β-unsaturated/α-hetero) is 1. The molecule has 0 radical (unpaired) electrons. The van der Waals surface area contributed by atoms with Crippen molar-refractivity contribution in [1.82, 2.24) is 0 Å². The standard InChI is InChI=1S/C4H8O2S/c1-7-3-4(6)2-5/h5H,2-3H2,1H3. The zero-order valence-corrected chi connectivity index (χ0v) is 4.99. The van der Waals surface area contributed by atoms with Crippen LogP contribution in [0.5, 0.6) is 0 Å². The van der Waals surface area contributed by atoms with Crippen LogP contribution in [0.25, 0.3) is 0 Å². The minimum atomic E-state index is -0.319. The molecule has 0 aliphatic heterocycles. The number of aliphatic hydroxyl groups excluding tert-OH is 1. The zero-order chi connectivity index (χ0) is 5.70. The van der Waals surface area contributed by atoms with E-state index in [0.717, 1.165) is 0 Å². The molecule has 0 saturated carbocycles. The van der Waals surface area contributed by atoms with Gasteiger partial charge in [0.2, 0.25) is 0 Å². The molecule has 0 aromatic carbocycles. The lowest BCUT2D eigenvalue weighted by Crippen LogP contribution is -2.05. The Hall–Kier alpha value is -0.0200. The van der Waals surface area contributed by atoms with Crippen LogP contribution >= 0.6 is 11.8 Å². The highest BCUT2D eigenvalue weighted by Gasteiger charge is 1.93. The lowest BCUT2D eigenvalue weighted by molar-refractivity contribution is -0.119. The second kappa shape index (κ2) is 4.15. The summed E-state index contributed by atoms with van der Waals surface area (Å²) >= 11 is 1.42. The minimum absolute atomic E-state index is 0.104. The number of hydrogen-bond donors (Lipinski definition) is 1. The number of carbonyl (C=O) groups excluding carboxylic acids is 1. The number of ketones is 1. The summed E-state index contributed by atoms with van der Waals surface area (Å²) < 4.78 is 0. The van der Waals surface area contributed by atoms with Crippen LogP contribution < -0.4 is 0 Å². The fourth-order valence-corrected chi connectivity index (χ4v) is 0.620. The van der Waals surface area contributed by atoms with Crippen LogP contribution in [0, 0.1) is 0 Å². The number of carbonyl (C=O) groups is 1. The molecular weight excluding hydrogens is 112 g/mol. The van der Waals surface area contributed by atoms with E-state index >= 15 is 0 Å². The first-order valence-electron chi connectivity index (χ1n) is 1.92. The highest BCUT2D eigenvalue weighted by Crippen LogP contribution is 1.89. The number of aliphatic hydroxyl groups is 1. The fourth-order valence-electron chi connectivity index (χ4n) is 0.207. The molecule has 0 amide bonds. The summed E-state index contributed by atoms with van der Waals surface area (Å²) in [6, 6.07) is 0. The Balaban J connectivity index is 3.00. The number of hydrogen-bond acceptors (Lipinski definition) is 3. The minimum Gasteiger partial charge on any atom is -0.389 e. The van der Waals surface area contributed by atoms with E-state index < -0.39 is 0 Å². The Labute approximate surface area is 46.9 Å². The van der Waals surface area contributed by atoms with Gasteiger partial charge in [0, 0.05) is 0 Å². The third-order valence-corrected chi connectivity index (χ3v) is 1.09. The summed E-state index contributed by atoms with van der Waals surface area (Å²) in [6.07, 6.45) is 1.83. The second-order valence-corrected chi connectivity index (χ2v) is 2.00. The van der Waals surface area contributed by atoms with Crippen molar-refractivity contribution in [1.29, 1.82) is 0 Å². The molecular formula is C4H8O2S. The molecule has 7 heavy (non-hydrogen) atoms. The molecule has 0 bridgehead atoms.